The molecule has 4 heteroatoms. The Morgan fingerprint density at radius 3 is 2.31 bits per heavy atom. The lowest BCUT2D eigenvalue weighted by Gasteiger charge is -2.10. The van der Waals surface area contributed by atoms with Crippen LogP contribution in [0.15, 0.2) is 11.0 Å². The van der Waals surface area contributed by atoms with E-state index in [4.69, 9.17) is 5.73 Å². The van der Waals surface area contributed by atoms with Gasteiger partial charge < -0.3 is 5.73 Å². The zero-order valence-electron chi connectivity index (χ0n) is 8.16. The van der Waals surface area contributed by atoms with E-state index in [0.717, 1.165) is 4.91 Å². The average Bonchev–Trinajstić information content (AvgIpc) is 2.02. The second-order valence-electron chi connectivity index (χ2n) is 2.79. The van der Waals surface area contributed by atoms with E-state index in [-0.39, 0.29) is 17.5 Å². The summed E-state index contributed by atoms with van der Waals surface area (Å²) in [5.74, 6) is -0.443. The van der Waals surface area contributed by atoms with E-state index in [2.05, 4.69) is 0 Å². The summed E-state index contributed by atoms with van der Waals surface area (Å²) in [6.07, 6.45) is 2.02. The van der Waals surface area contributed by atoms with Gasteiger partial charge >= 0.3 is 0 Å². The maximum absolute atomic E-state index is 11.1. The third-order valence-corrected chi connectivity index (χ3v) is 2.97. The van der Waals surface area contributed by atoms with Crippen molar-refractivity contribution in [2.45, 2.75) is 32.4 Å². The summed E-state index contributed by atoms with van der Waals surface area (Å²) in [5, 5.41) is -0.325. The summed E-state index contributed by atoms with van der Waals surface area (Å²) in [4.78, 5) is 22.7. The van der Waals surface area contributed by atoms with Gasteiger partial charge in [-0.05, 0) is 25.7 Å². The van der Waals surface area contributed by atoms with Gasteiger partial charge in [-0.3, -0.25) is 9.59 Å². The van der Waals surface area contributed by atoms with Crippen LogP contribution in [0.5, 0.6) is 0 Å². The molecule has 1 amide bonds. The molecule has 0 aliphatic rings. The summed E-state index contributed by atoms with van der Waals surface area (Å²) in [7, 11) is 0. The molecule has 0 radical (unpaired) electrons. The zero-order valence-corrected chi connectivity index (χ0v) is 8.98. The van der Waals surface area contributed by atoms with Crippen molar-refractivity contribution in [1.29, 1.82) is 0 Å². The molecule has 0 aliphatic carbocycles. The Balaban J connectivity index is 4.27. The van der Waals surface area contributed by atoms with Crippen LogP contribution >= 0.6 is 11.8 Å². The van der Waals surface area contributed by atoms with Crippen LogP contribution in [0.2, 0.25) is 0 Å². The Kier molecular flexibility index (Phi) is 5.46. The molecule has 0 aromatic heterocycles. The second-order valence-corrected chi connectivity index (χ2v) is 4.24. The average molecular weight is 201 g/mol. The van der Waals surface area contributed by atoms with Gasteiger partial charge in [0, 0.05) is 6.42 Å². The molecular formula is C9H15NO2S. The highest BCUT2D eigenvalue weighted by Crippen LogP contribution is 2.23. The molecular weight excluding hydrogens is 186 g/mol. The van der Waals surface area contributed by atoms with E-state index in [1.807, 2.05) is 19.9 Å². The van der Waals surface area contributed by atoms with Gasteiger partial charge in [0.2, 0.25) is 5.91 Å². The van der Waals surface area contributed by atoms with Gasteiger partial charge in [0.15, 0.2) is 0 Å². The molecule has 74 valence electrons. The second kappa shape index (κ2) is 5.80. The summed E-state index contributed by atoms with van der Waals surface area (Å²) in [6, 6.07) is 0. The third-order valence-electron chi connectivity index (χ3n) is 1.57. The molecule has 0 saturated carbocycles. The van der Waals surface area contributed by atoms with Crippen molar-refractivity contribution in [2.75, 3.05) is 0 Å². The summed E-state index contributed by atoms with van der Waals surface area (Å²) in [6.45, 7) is 5.27. The number of rotatable bonds is 5. The predicted molar refractivity (Wildman–Crippen MR) is 55.3 cm³/mol. The van der Waals surface area contributed by atoms with E-state index >= 15 is 0 Å². The van der Waals surface area contributed by atoms with E-state index in [0.29, 0.717) is 0 Å². The van der Waals surface area contributed by atoms with Crippen molar-refractivity contribution in [2.24, 2.45) is 5.73 Å². The first-order valence-electron chi connectivity index (χ1n) is 4.05. The van der Waals surface area contributed by atoms with Crippen molar-refractivity contribution in [3.63, 3.8) is 0 Å². The fourth-order valence-corrected chi connectivity index (χ4v) is 1.74. The first-order chi connectivity index (χ1) is 5.97. The van der Waals surface area contributed by atoms with Crippen molar-refractivity contribution < 1.29 is 9.59 Å². The molecule has 0 heterocycles. The maximum atomic E-state index is 11.1. The standard InChI is InChI=1S/C9H15NO2S/c1-4-6(2)13-8(7(3)11)5-9(10)12/h4,8H,5H2,1-3H3,(H2,10,12)/b6-4+. The van der Waals surface area contributed by atoms with Gasteiger partial charge in [-0.15, -0.1) is 11.8 Å². The number of hydrogen-bond acceptors (Lipinski definition) is 3. The largest absolute Gasteiger partial charge is 0.370 e. The number of thioether (sulfide) groups is 1. The monoisotopic (exact) mass is 201 g/mol. The smallest absolute Gasteiger partial charge is 0.218 e. The minimum atomic E-state index is -0.434. The first-order valence-corrected chi connectivity index (χ1v) is 4.93. The van der Waals surface area contributed by atoms with E-state index in [1.165, 1.54) is 18.7 Å². The Morgan fingerprint density at radius 2 is 2.00 bits per heavy atom. The lowest BCUT2D eigenvalue weighted by Crippen LogP contribution is -2.23. The topological polar surface area (TPSA) is 60.2 Å². The molecule has 0 aliphatic heterocycles. The highest BCUT2D eigenvalue weighted by atomic mass is 32.2. The molecule has 1 atom stereocenters. The molecule has 2 N–H and O–H groups in total. The number of carbonyl (C=O) groups excluding carboxylic acids is 2. The Labute approximate surface area is 82.8 Å². The van der Waals surface area contributed by atoms with Crippen LogP contribution in [0.4, 0.5) is 0 Å². The molecule has 0 aromatic carbocycles. The number of nitrogens with two attached hydrogens (primary N) is 1. The van der Waals surface area contributed by atoms with Gasteiger partial charge in [0.25, 0.3) is 0 Å². The number of Topliss-reactive ketones (excluding diaryl/α,β-unsaturated/α-hetero) is 1. The fourth-order valence-electron chi connectivity index (χ4n) is 0.744. The van der Waals surface area contributed by atoms with Crippen LogP contribution in [0.3, 0.4) is 0 Å². The van der Waals surface area contributed by atoms with Crippen LogP contribution in [-0.2, 0) is 9.59 Å². The van der Waals surface area contributed by atoms with Gasteiger partial charge in [-0.1, -0.05) is 6.08 Å². The summed E-state index contributed by atoms with van der Waals surface area (Å²) >= 11 is 1.39. The lowest BCUT2D eigenvalue weighted by molar-refractivity contribution is -0.122. The van der Waals surface area contributed by atoms with Crippen LogP contribution < -0.4 is 5.73 Å². The van der Waals surface area contributed by atoms with Gasteiger partial charge in [0.05, 0.1) is 5.25 Å². The predicted octanol–water partition coefficient (Wildman–Crippen LogP) is 1.48. The highest BCUT2D eigenvalue weighted by molar-refractivity contribution is 8.04. The molecule has 0 saturated heterocycles. The highest BCUT2D eigenvalue weighted by Gasteiger charge is 2.17. The molecule has 0 aromatic rings. The number of primary amides is 1. The Hall–Kier alpha value is -0.770. The SMILES string of the molecule is C/C=C(\C)SC(CC(N)=O)C(C)=O. The van der Waals surface area contributed by atoms with E-state index in [1.54, 1.807) is 0 Å². The normalized spacial score (nSPS) is 13.9. The number of hydrogen-bond donors (Lipinski definition) is 1. The van der Waals surface area contributed by atoms with Crippen molar-refractivity contribution in [1.82, 2.24) is 0 Å². The summed E-state index contributed by atoms with van der Waals surface area (Å²) in [5.41, 5.74) is 5.02. The molecule has 0 spiro atoms. The number of ketones is 1. The first kappa shape index (κ1) is 12.2. The van der Waals surface area contributed by atoms with Crippen LogP contribution in [0.25, 0.3) is 0 Å². The fraction of sp³-hybridized carbons (Fsp3) is 0.556. The Morgan fingerprint density at radius 1 is 1.46 bits per heavy atom. The zero-order chi connectivity index (χ0) is 10.4. The number of carbonyl (C=O) groups is 2. The van der Waals surface area contributed by atoms with Crippen molar-refractivity contribution >= 4 is 23.5 Å². The summed E-state index contributed by atoms with van der Waals surface area (Å²) < 4.78 is 0. The molecule has 0 bridgehead atoms. The lowest BCUT2D eigenvalue weighted by atomic mass is 10.2. The van der Waals surface area contributed by atoms with Gasteiger partial charge in [-0.25, -0.2) is 0 Å². The van der Waals surface area contributed by atoms with Gasteiger partial charge in [0.1, 0.15) is 5.78 Å². The van der Waals surface area contributed by atoms with E-state index in [9.17, 15) is 9.59 Å². The van der Waals surface area contributed by atoms with E-state index < -0.39 is 5.91 Å². The van der Waals surface area contributed by atoms with Crippen molar-refractivity contribution in [3.8, 4) is 0 Å². The van der Waals surface area contributed by atoms with Crippen LogP contribution in [0, 0.1) is 0 Å². The third kappa shape index (κ3) is 5.47. The minimum Gasteiger partial charge on any atom is -0.370 e. The molecule has 0 fully saturated rings. The van der Waals surface area contributed by atoms with Crippen LogP contribution in [-0.4, -0.2) is 16.9 Å². The van der Waals surface area contributed by atoms with Crippen molar-refractivity contribution in [3.05, 3.63) is 11.0 Å². The molecule has 0 rings (SSSR count). The quantitative estimate of drug-likeness (QED) is 0.732. The van der Waals surface area contributed by atoms with Crippen LogP contribution in [0.1, 0.15) is 27.2 Å². The maximum Gasteiger partial charge on any atom is 0.218 e. The number of amides is 1. The Bertz CT molecular complexity index is 236. The molecule has 13 heavy (non-hydrogen) atoms. The molecule has 3 nitrogen and oxygen atoms in total. The minimum absolute atomic E-state index is 0.00926. The van der Waals surface area contributed by atoms with Gasteiger partial charge in [-0.2, -0.15) is 0 Å². The number of allylic oxidation sites excluding steroid dienone is 2. The molecule has 1 unspecified atom stereocenters.